The SMILES string of the molecule is N=C(/C=C(\N)C(=O)N1CCC(C(=O)NC2CCC(C(F)(F)F)CC2)CC12CC2)c1cc(Cl)ncc1F. The number of pyridine rings is 1. The van der Waals surface area contributed by atoms with Crippen molar-refractivity contribution in [1.29, 1.82) is 5.41 Å². The molecule has 12 heteroatoms. The molecule has 1 aliphatic heterocycles. The molecule has 0 radical (unpaired) electrons. The van der Waals surface area contributed by atoms with E-state index in [1.54, 1.807) is 4.90 Å². The highest BCUT2D eigenvalue weighted by Crippen LogP contribution is 2.50. The van der Waals surface area contributed by atoms with Crippen molar-refractivity contribution < 1.29 is 27.2 Å². The summed E-state index contributed by atoms with van der Waals surface area (Å²) in [5.41, 5.74) is 4.81. The molecule has 196 valence electrons. The van der Waals surface area contributed by atoms with Crippen LogP contribution in [-0.4, -0.2) is 51.7 Å². The molecule has 4 rings (SSSR count). The maximum absolute atomic E-state index is 14.0. The van der Waals surface area contributed by atoms with Crippen LogP contribution in [-0.2, 0) is 9.59 Å². The monoisotopic (exact) mass is 529 g/mol. The van der Waals surface area contributed by atoms with E-state index < -0.39 is 29.4 Å². The van der Waals surface area contributed by atoms with Crippen molar-refractivity contribution in [2.45, 2.75) is 69.1 Å². The van der Waals surface area contributed by atoms with Gasteiger partial charge >= 0.3 is 6.18 Å². The van der Waals surface area contributed by atoms with Crippen molar-refractivity contribution in [3.05, 3.63) is 40.6 Å². The average molecular weight is 530 g/mol. The van der Waals surface area contributed by atoms with Gasteiger partial charge in [0.15, 0.2) is 5.82 Å². The summed E-state index contributed by atoms with van der Waals surface area (Å²) in [5, 5.41) is 11.0. The summed E-state index contributed by atoms with van der Waals surface area (Å²) < 4.78 is 52.7. The zero-order valence-electron chi connectivity index (χ0n) is 19.5. The number of nitrogens with two attached hydrogens (primary N) is 1. The summed E-state index contributed by atoms with van der Waals surface area (Å²) in [6.07, 6.45) is 0.668. The molecule has 2 heterocycles. The minimum absolute atomic E-state index is 0.000117. The number of carbonyl (C=O) groups excluding carboxylic acids is 2. The maximum atomic E-state index is 14.0. The molecule has 1 unspecified atom stereocenters. The largest absolute Gasteiger partial charge is 0.394 e. The van der Waals surface area contributed by atoms with E-state index in [4.69, 9.17) is 22.7 Å². The Morgan fingerprint density at radius 2 is 1.89 bits per heavy atom. The van der Waals surface area contributed by atoms with Crippen molar-refractivity contribution in [2.24, 2.45) is 17.6 Å². The Kier molecular flexibility index (Phi) is 7.32. The first-order chi connectivity index (χ1) is 16.9. The molecule has 3 fully saturated rings. The van der Waals surface area contributed by atoms with Gasteiger partial charge in [0, 0.05) is 29.6 Å². The number of allylic oxidation sites excluding steroid dienone is 1. The number of piperidine rings is 1. The fraction of sp³-hybridized carbons (Fsp3) is 0.583. The number of amides is 2. The molecular formula is C24H28ClF4N5O2. The number of rotatable bonds is 5. The lowest BCUT2D eigenvalue weighted by molar-refractivity contribution is -0.182. The Hall–Kier alpha value is -2.69. The van der Waals surface area contributed by atoms with Crippen LogP contribution in [0, 0.1) is 23.1 Å². The second-order valence-corrected chi connectivity index (χ2v) is 10.4. The van der Waals surface area contributed by atoms with Gasteiger partial charge in [0.1, 0.15) is 5.15 Å². The van der Waals surface area contributed by atoms with Crippen LogP contribution in [0.4, 0.5) is 17.6 Å². The van der Waals surface area contributed by atoms with Gasteiger partial charge < -0.3 is 21.4 Å². The summed E-state index contributed by atoms with van der Waals surface area (Å²) in [6, 6.07) is 0.910. The highest BCUT2D eigenvalue weighted by Gasteiger charge is 2.54. The van der Waals surface area contributed by atoms with Crippen LogP contribution in [0.5, 0.6) is 0 Å². The minimum atomic E-state index is -4.19. The van der Waals surface area contributed by atoms with E-state index in [9.17, 15) is 27.2 Å². The molecule has 2 saturated carbocycles. The van der Waals surface area contributed by atoms with Gasteiger partial charge in [0.25, 0.3) is 5.91 Å². The number of carbonyl (C=O) groups is 2. The summed E-state index contributed by atoms with van der Waals surface area (Å²) in [7, 11) is 0. The molecule has 1 saturated heterocycles. The van der Waals surface area contributed by atoms with Gasteiger partial charge in [-0.25, -0.2) is 9.37 Å². The van der Waals surface area contributed by atoms with E-state index in [1.807, 2.05) is 0 Å². The fourth-order valence-corrected chi connectivity index (χ4v) is 5.46. The second kappa shape index (κ2) is 9.99. The second-order valence-electron chi connectivity index (χ2n) is 9.97. The zero-order valence-corrected chi connectivity index (χ0v) is 20.3. The van der Waals surface area contributed by atoms with E-state index in [0.29, 0.717) is 38.5 Å². The van der Waals surface area contributed by atoms with Crippen LogP contribution < -0.4 is 11.1 Å². The first kappa shape index (κ1) is 26.4. The highest BCUT2D eigenvalue weighted by atomic mass is 35.5. The van der Waals surface area contributed by atoms with E-state index >= 15 is 0 Å². The van der Waals surface area contributed by atoms with E-state index in [2.05, 4.69) is 10.3 Å². The molecule has 4 N–H and O–H groups in total. The normalized spacial score (nSPS) is 26.0. The topological polar surface area (TPSA) is 112 Å². The standard InChI is InChI=1S/C24H28ClF4N5O2/c25-20-9-16(17(26)12-32-20)18(30)10-19(31)22(36)34-8-5-13(11-23(34)6-7-23)21(35)33-15-3-1-14(2-4-15)24(27,28)29/h9-10,12-15,30H,1-8,11,31H2,(H,33,35)/b19-10-,30-18?. The Morgan fingerprint density at radius 1 is 1.22 bits per heavy atom. The molecule has 36 heavy (non-hydrogen) atoms. The van der Waals surface area contributed by atoms with Gasteiger partial charge in [-0.15, -0.1) is 0 Å². The zero-order chi connectivity index (χ0) is 26.3. The number of aromatic nitrogens is 1. The van der Waals surface area contributed by atoms with E-state index in [-0.39, 0.29) is 59.4 Å². The van der Waals surface area contributed by atoms with Gasteiger partial charge in [0.05, 0.1) is 23.5 Å². The third kappa shape index (κ3) is 5.66. The number of likely N-dealkylation sites (tertiary alicyclic amines) is 1. The number of nitrogens with zero attached hydrogens (tertiary/aromatic N) is 2. The third-order valence-electron chi connectivity index (χ3n) is 7.54. The summed E-state index contributed by atoms with van der Waals surface area (Å²) in [6.45, 7) is 0.287. The lowest BCUT2D eigenvalue weighted by atomic mass is 9.84. The van der Waals surface area contributed by atoms with Gasteiger partial charge in [0.2, 0.25) is 5.91 Å². The minimum Gasteiger partial charge on any atom is -0.394 e. The highest BCUT2D eigenvalue weighted by molar-refractivity contribution is 6.30. The summed E-state index contributed by atoms with van der Waals surface area (Å²) in [4.78, 5) is 31.2. The molecule has 0 aromatic carbocycles. The Morgan fingerprint density at radius 3 is 2.50 bits per heavy atom. The van der Waals surface area contributed by atoms with Crippen LogP contribution >= 0.6 is 11.6 Å². The van der Waals surface area contributed by atoms with Crippen molar-refractivity contribution >= 4 is 29.1 Å². The summed E-state index contributed by atoms with van der Waals surface area (Å²) in [5.74, 6) is -3.07. The van der Waals surface area contributed by atoms with Crippen LogP contribution in [0.2, 0.25) is 5.15 Å². The number of halogens is 5. The van der Waals surface area contributed by atoms with Crippen molar-refractivity contribution in [3.8, 4) is 0 Å². The van der Waals surface area contributed by atoms with E-state index in [0.717, 1.165) is 12.3 Å². The molecule has 1 atom stereocenters. The number of hydrogen-bond acceptors (Lipinski definition) is 5. The first-order valence-electron chi connectivity index (χ1n) is 12.0. The van der Waals surface area contributed by atoms with Gasteiger partial charge in [-0.1, -0.05) is 11.6 Å². The summed E-state index contributed by atoms with van der Waals surface area (Å²) >= 11 is 5.77. The van der Waals surface area contributed by atoms with Gasteiger partial charge in [-0.05, 0) is 63.5 Å². The Labute approximate surface area is 211 Å². The number of nitrogens with one attached hydrogen (secondary N) is 2. The van der Waals surface area contributed by atoms with E-state index in [1.165, 1.54) is 6.07 Å². The van der Waals surface area contributed by atoms with Crippen LogP contribution in [0.1, 0.15) is 56.9 Å². The quantitative estimate of drug-likeness (QED) is 0.231. The number of alkyl halides is 3. The molecule has 7 nitrogen and oxygen atoms in total. The van der Waals surface area contributed by atoms with Crippen molar-refractivity contribution in [2.75, 3.05) is 6.54 Å². The fourth-order valence-electron chi connectivity index (χ4n) is 5.31. The molecule has 1 spiro atoms. The number of hydrogen-bond donors (Lipinski definition) is 3. The third-order valence-corrected chi connectivity index (χ3v) is 7.75. The van der Waals surface area contributed by atoms with Crippen LogP contribution in [0.15, 0.2) is 24.0 Å². The van der Waals surface area contributed by atoms with Crippen molar-refractivity contribution in [3.63, 3.8) is 0 Å². The lowest BCUT2D eigenvalue weighted by Crippen LogP contribution is -2.53. The molecule has 1 aromatic heterocycles. The predicted octanol–water partition coefficient (Wildman–Crippen LogP) is 4.09. The smallest absolute Gasteiger partial charge is 0.391 e. The van der Waals surface area contributed by atoms with Gasteiger partial charge in [-0.2, -0.15) is 13.2 Å². The first-order valence-corrected chi connectivity index (χ1v) is 12.3. The van der Waals surface area contributed by atoms with Crippen LogP contribution in [0.25, 0.3) is 0 Å². The Bertz CT molecular complexity index is 1080. The van der Waals surface area contributed by atoms with Crippen molar-refractivity contribution in [1.82, 2.24) is 15.2 Å². The Balaban J connectivity index is 1.35. The molecular weight excluding hydrogens is 502 g/mol. The molecule has 1 aromatic rings. The molecule has 3 aliphatic rings. The van der Waals surface area contributed by atoms with Gasteiger partial charge in [-0.3, -0.25) is 9.59 Å². The molecule has 0 bridgehead atoms. The molecule has 2 amide bonds. The predicted molar refractivity (Wildman–Crippen MR) is 125 cm³/mol. The average Bonchev–Trinajstić information content (AvgIpc) is 3.58. The lowest BCUT2D eigenvalue weighted by Gasteiger charge is -2.40. The molecule has 2 aliphatic carbocycles. The van der Waals surface area contributed by atoms with Crippen LogP contribution in [0.3, 0.4) is 0 Å². The maximum Gasteiger partial charge on any atom is 0.391 e.